The van der Waals surface area contributed by atoms with Gasteiger partial charge in [-0.1, -0.05) is 6.58 Å². The molecule has 0 heterocycles. The third-order valence-electron chi connectivity index (χ3n) is 0.826. The van der Waals surface area contributed by atoms with E-state index in [1.54, 1.807) is 0 Å². The van der Waals surface area contributed by atoms with Gasteiger partial charge in [0.25, 0.3) is 6.43 Å². The van der Waals surface area contributed by atoms with Crippen molar-refractivity contribution in [1.29, 1.82) is 0 Å². The highest BCUT2D eigenvalue weighted by Crippen LogP contribution is 2.20. The lowest BCUT2D eigenvalue weighted by Gasteiger charge is -2.12. The van der Waals surface area contributed by atoms with Crippen LogP contribution in [0.4, 0.5) is 18.0 Å². The molecule has 0 aliphatic carbocycles. The number of carbonyl (C=O) groups is 1. The van der Waals surface area contributed by atoms with Crippen LogP contribution in [0.2, 0.25) is 0 Å². The van der Waals surface area contributed by atoms with Crippen molar-refractivity contribution >= 4 is 6.16 Å². The van der Waals surface area contributed by atoms with Gasteiger partial charge < -0.3 is 10.2 Å². The molecular formula is C6H9F3O3. The molecule has 1 unspecified atom stereocenters. The molecule has 0 aromatic heterocycles. The molecule has 0 aromatic carbocycles. The second kappa shape index (κ2) is 5.45. The van der Waals surface area contributed by atoms with Crippen LogP contribution in [0.5, 0.6) is 0 Å². The van der Waals surface area contributed by atoms with Gasteiger partial charge in [-0.2, -0.15) is 0 Å². The Balaban J connectivity index is 0. The molecule has 0 spiro atoms. The topological polar surface area (TPSA) is 57.5 Å². The minimum atomic E-state index is -2.97. The largest absolute Gasteiger partial charge is 0.503 e. The van der Waals surface area contributed by atoms with Gasteiger partial charge in [-0.05, 0) is 13.0 Å². The van der Waals surface area contributed by atoms with Gasteiger partial charge in [0.2, 0.25) is 0 Å². The lowest BCUT2D eigenvalue weighted by atomic mass is 10.1. The third-order valence-corrected chi connectivity index (χ3v) is 0.826. The average Bonchev–Trinajstić information content (AvgIpc) is 1.86. The first-order valence-corrected chi connectivity index (χ1v) is 2.76. The summed E-state index contributed by atoms with van der Waals surface area (Å²) in [5.74, 6) is 0. The number of rotatable bonds is 2. The van der Waals surface area contributed by atoms with Gasteiger partial charge >= 0.3 is 6.16 Å². The first kappa shape index (κ1) is 13.4. The van der Waals surface area contributed by atoms with E-state index in [1.165, 1.54) is 0 Å². The molecule has 0 bridgehead atoms. The van der Waals surface area contributed by atoms with E-state index in [9.17, 15) is 13.2 Å². The van der Waals surface area contributed by atoms with Crippen molar-refractivity contribution in [3.05, 3.63) is 12.7 Å². The summed E-state index contributed by atoms with van der Waals surface area (Å²) in [6.45, 7) is 3.68. The van der Waals surface area contributed by atoms with E-state index in [0.717, 1.165) is 6.92 Å². The monoisotopic (exact) mass is 186 g/mol. The van der Waals surface area contributed by atoms with Crippen LogP contribution in [0.25, 0.3) is 0 Å². The average molecular weight is 186 g/mol. The molecule has 0 saturated carbocycles. The first-order valence-electron chi connectivity index (χ1n) is 2.76. The van der Waals surface area contributed by atoms with Gasteiger partial charge in [0.15, 0.2) is 5.67 Å². The van der Waals surface area contributed by atoms with Crippen molar-refractivity contribution < 1.29 is 28.2 Å². The molecule has 1 atom stereocenters. The highest BCUT2D eigenvalue weighted by atomic mass is 19.3. The van der Waals surface area contributed by atoms with Crippen LogP contribution in [-0.4, -0.2) is 28.5 Å². The summed E-state index contributed by atoms with van der Waals surface area (Å²) in [7, 11) is 0. The summed E-state index contributed by atoms with van der Waals surface area (Å²) in [6, 6.07) is 0. The Kier molecular flexibility index (Phi) is 6.08. The van der Waals surface area contributed by atoms with E-state index in [1.807, 2.05) is 0 Å². The highest BCUT2D eigenvalue weighted by molar-refractivity contribution is 5.53. The van der Waals surface area contributed by atoms with Crippen molar-refractivity contribution in [2.75, 3.05) is 0 Å². The van der Waals surface area contributed by atoms with Gasteiger partial charge in [-0.3, -0.25) is 0 Å². The van der Waals surface area contributed by atoms with E-state index >= 15 is 0 Å². The van der Waals surface area contributed by atoms with Crippen LogP contribution in [0.3, 0.4) is 0 Å². The van der Waals surface area contributed by atoms with Gasteiger partial charge in [0.1, 0.15) is 0 Å². The Bertz CT molecular complexity index is 152. The molecule has 12 heavy (non-hydrogen) atoms. The fourth-order valence-corrected chi connectivity index (χ4v) is 0.0891. The van der Waals surface area contributed by atoms with E-state index in [4.69, 9.17) is 15.0 Å². The van der Waals surface area contributed by atoms with E-state index in [-0.39, 0.29) is 0 Å². The van der Waals surface area contributed by atoms with Crippen LogP contribution < -0.4 is 0 Å². The molecule has 6 heteroatoms. The first-order chi connectivity index (χ1) is 5.24. The third kappa shape index (κ3) is 8.80. The van der Waals surface area contributed by atoms with Crippen molar-refractivity contribution in [3.8, 4) is 0 Å². The number of halogens is 3. The lowest BCUT2D eigenvalue weighted by Crippen LogP contribution is -2.24. The Morgan fingerprint density at radius 1 is 1.58 bits per heavy atom. The fourth-order valence-electron chi connectivity index (χ4n) is 0.0891. The molecule has 0 aliphatic rings. The number of carboxylic acid groups (broad SMARTS) is 2. The zero-order valence-electron chi connectivity index (χ0n) is 6.30. The maximum Gasteiger partial charge on any atom is 0.503 e. The summed E-state index contributed by atoms with van der Waals surface area (Å²) < 4.78 is 34.8. The zero-order chi connectivity index (χ0) is 10.4. The summed E-state index contributed by atoms with van der Waals surface area (Å²) in [4.78, 5) is 8.56. The van der Waals surface area contributed by atoms with Crippen LogP contribution >= 0.6 is 0 Å². The predicted molar refractivity (Wildman–Crippen MR) is 36.4 cm³/mol. The summed E-state index contributed by atoms with van der Waals surface area (Å²) in [5.41, 5.74) is -2.53. The maximum absolute atomic E-state index is 12.1. The molecule has 0 aromatic rings. The smallest absolute Gasteiger partial charge is 0.450 e. The minimum Gasteiger partial charge on any atom is -0.450 e. The van der Waals surface area contributed by atoms with Gasteiger partial charge in [-0.15, -0.1) is 0 Å². The molecule has 72 valence electrons. The van der Waals surface area contributed by atoms with Crippen LogP contribution in [0.1, 0.15) is 6.92 Å². The second-order valence-corrected chi connectivity index (χ2v) is 1.94. The van der Waals surface area contributed by atoms with Crippen LogP contribution in [-0.2, 0) is 0 Å². The maximum atomic E-state index is 12.1. The van der Waals surface area contributed by atoms with Gasteiger partial charge in [-0.25, -0.2) is 18.0 Å². The molecule has 0 fully saturated rings. The molecule has 2 N–H and O–H groups in total. The molecule has 0 saturated heterocycles. The molecule has 0 radical (unpaired) electrons. The van der Waals surface area contributed by atoms with Crippen molar-refractivity contribution in [2.24, 2.45) is 0 Å². The van der Waals surface area contributed by atoms with E-state index < -0.39 is 18.2 Å². The lowest BCUT2D eigenvalue weighted by molar-refractivity contribution is 0.0108. The normalized spacial score (nSPS) is 14.1. The molecular weight excluding hydrogens is 177 g/mol. The van der Waals surface area contributed by atoms with Crippen molar-refractivity contribution in [2.45, 2.75) is 19.0 Å². The SMILES string of the molecule is C=CC(C)(F)C(F)F.O=C(O)O. The standard InChI is InChI=1S/C5H7F3.CH2O3/c1-3-5(2,8)4(6)7;2-1(3)4/h3-4H,1H2,2H3;(H2,2,3,4). The number of alkyl halides is 3. The molecule has 0 aliphatic heterocycles. The highest BCUT2D eigenvalue weighted by Gasteiger charge is 2.30. The van der Waals surface area contributed by atoms with Crippen LogP contribution in [0, 0.1) is 0 Å². The molecule has 3 nitrogen and oxygen atoms in total. The minimum absolute atomic E-state index is 0.595. The predicted octanol–water partition coefficient (Wildman–Crippen LogP) is 2.39. The molecule has 0 amide bonds. The quantitative estimate of drug-likeness (QED) is 0.651. The van der Waals surface area contributed by atoms with Gasteiger partial charge in [0, 0.05) is 0 Å². The van der Waals surface area contributed by atoms with Gasteiger partial charge in [0.05, 0.1) is 0 Å². The summed E-state index contributed by atoms with van der Waals surface area (Å²) in [6.07, 6.45) is -4.21. The zero-order valence-corrected chi connectivity index (χ0v) is 6.30. The number of allylic oxidation sites excluding steroid dienone is 1. The molecule has 0 rings (SSSR count). The Hall–Kier alpha value is -1.20. The summed E-state index contributed by atoms with van der Waals surface area (Å²) in [5, 5.41) is 13.9. The Labute approximate surface area is 67.1 Å². The Morgan fingerprint density at radius 3 is 1.83 bits per heavy atom. The second-order valence-electron chi connectivity index (χ2n) is 1.94. The fraction of sp³-hybridized carbons (Fsp3) is 0.500. The Morgan fingerprint density at radius 2 is 1.83 bits per heavy atom. The number of hydrogen-bond acceptors (Lipinski definition) is 1. The van der Waals surface area contributed by atoms with E-state index in [2.05, 4.69) is 6.58 Å². The number of hydrogen-bond donors (Lipinski definition) is 2. The van der Waals surface area contributed by atoms with Crippen molar-refractivity contribution in [3.63, 3.8) is 0 Å². The van der Waals surface area contributed by atoms with E-state index in [0.29, 0.717) is 6.08 Å². The summed E-state index contributed by atoms with van der Waals surface area (Å²) >= 11 is 0. The van der Waals surface area contributed by atoms with Crippen LogP contribution in [0.15, 0.2) is 12.7 Å². The van der Waals surface area contributed by atoms with Crippen molar-refractivity contribution in [1.82, 2.24) is 0 Å².